The van der Waals surface area contributed by atoms with Crippen LogP contribution in [-0.4, -0.2) is 16.3 Å². The summed E-state index contributed by atoms with van der Waals surface area (Å²) in [6.45, 7) is 5.64. The van der Waals surface area contributed by atoms with Crippen molar-refractivity contribution in [3.05, 3.63) is 45.3 Å². The number of aromatic nitrogens is 2. The van der Waals surface area contributed by atoms with Crippen molar-refractivity contribution in [1.82, 2.24) is 9.97 Å². The number of aryl methyl sites for hydroxylation is 2. The first kappa shape index (κ1) is 13.7. The molecule has 0 amide bonds. The first-order chi connectivity index (χ1) is 9.01. The van der Waals surface area contributed by atoms with Gasteiger partial charge in [0, 0.05) is 21.3 Å². The molecule has 5 heteroatoms. The molecule has 2 aromatic rings. The number of halogens is 1. The Morgan fingerprint density at radius 3 is 2.63 bits per heavy atom. The highest BCUT2D eigenvalue weighted by molar-refractivity contribution is 9.10. The maximum Gasteiger partial charge on any atom is 0.225 e. The fourth-order valence-electron chi connectivity index (χ4n) is 1.62. The molecule has 1 aromatic heterocycles. The average Bonchev–Trinajstić information content (AvgIpc) is 2.37. The quantitative estimate of drug-likeness (QED) is 0.808. The van der Waals surface area contributed by atoms with Gasteiger partial charge < -0.3 is 4.74 Å². The van der Waals surface area contributed by atoms with Crippen LogP contribution in [0.15, 0.2) is 22.7 Å². The molecule has 0 bridgehead atoms. The molecule has 0 radical (unpaired) electrons. The molecule has 0 atom stereocenters. The van der Waals surface area contributed by atoms with Gasteiger partial charge in [0.25, 0.3) is 0 Å². The summed E-state index contributed by atoms with van der Waals surface area (Å²) in [5, 5.41) is 0. The molecule has 98 valence electrons. The van der Waals surface area contributed by atoms with Crippen molar-refractivity contribution in [2.45, 2.75) is 20.8 Å². The van der Waals surface area contributed by atoms with Gasteiger partial charge in [-0.2, -0.15) is 4.98 Å². The molecule has 19 heavy (non-hydrogen) atoms. The smallest absolute Gasteiger partial charge is 0.225 e. The van der Waals surface area contributed by atoms with E-state index in [-0.39, 0.29) is 0 Å². The Morgan fingerprint density at radius 2 is 1.95 bits per heavy atom. The molecule has 0 aliphatic rings. The predicted octanol–water partition coefficient (Wildman–Crippen LogP) is 3.77. The van der Waals surface area contributed by atoms with Crippen molar-refractivity contribution in [2.75, 3.05) is 0 Å². The number of carbonyl (C=O) groups is 1. The van der Waals surface area contributed by atoms with Gasteiger partial charge in [-0.3, -0.25) is 4.79 Å². The van der Waals surface area contributed by atoms with Gasteiger partial charge in [-0.15, -0.1) is 0 Å². The number of hydrogen-bond acceptors (Lipinski definition) is 4. The van der Waals surface area contributed by atoms with E-state index in [1.165, 1.54) is 0 Å². The Balaban J connectivity index is 2.39. The highest BCUT2D eigenvalue weighted by Crippen LogP contribution is 2.27. The van der Waals surface area contributed by atoms with Crippen molar-refractivity contribution in [3.8, 4) is 11.6 Å². The van der Waals surface area contributed by atoms with Gasteiger partial charge >= 0.3 is 0 Å². The molecule has 0 aliphatic carbocycles. The van der Waals surface area contributed by atoms with Crippen molar-refractivity contribution in [1.29, 1.82) is 0 Å². The fraction of sp³-hybridized carbons (Fsp3) is 0.214. The average molecular weight is 321 g/mol. The minimum absolute atomic E-state index is 0.518. The van der Waals surface area contributed by atoms with Crippen molar-refractivity contribution < 1.29 is 9.53 Å². The molecule has 1 heterocycles. The number of hydrogen-bond donors (Lipinski definition) is 0. The van der Waals surface area contributed by atoms with Crippen LogP contribution in [0.25, 0.3) is 0 Å². The van der Waals surface area contributed by atoms with Crippen molar-refractivity contribution in [3.63, 3.8) is 0 Å². The number of benzene rings is 1. The molecule has 0 fully saturated rings. The summed E-state index contributed by atoms with van der Waals surface area (Å²) in [7, 11) is 0. The Morgan fingerprint density at radius 1 is 1.21 bits per heavy atom. The first-order valence-corrected chi connectivity index (χ1v) is 6.55. The van der Waals surface area contributed by atoms with E-state index in [0.717, 1.165) is 22.0 Å². The maximum absolute atomic E-state index is 10.9. The third-order valence-corrected chi connectivity index (χ3v) is 3.49. The first-order valence-electron chi connectivity index (χ1n) is 5.75. The standard InChI is InChI=1S/C14H13BrN2O2/c1-8-9(2)16-10(3)17-14(8)19-12-4-5-13(15)11(6-12)7-18/h4-7H,1-3H3. The van der Waals surface area contributed by atoms with Gasteiger partial charge in [0.05, 0.1) is 0 Å². The van der Waals surface area contributed by atoms with E-state index in [1.54, 1.807) is 18.2 Å². The second-order valence-corrected chi connectivity index (χ2v) is 5.04. The van der Waals surface area contributed by atoms with Gasteiger partial charge in [0.15, 0.2) is 6.29 Å². The molecule has 0 unspecified atom stereocenters. The van der Waals surface area contributed by atoms with Crippen LogP contribution in [-0.2, 0) is 0 Å². The predicted molar refractivity (Wildman–Crippen MR) is 75.8 cm³/mol. The van der Waals surface area contributed by atoms with E-state index in [9.17, 15) is 4.79 Å². The van der Waals surface area contributed by atoms with Crippen LogP contribution in [0.2, 0.25) is 0 Å². The summed E-state index contributed by atoms with van der Waals surface area (Å²) < 4.78 is 6.48. The van der Waals surface area contributed by atoms with Gasteiger partial charge in [-0.05, 0) is 39.0 Å². The molecule has 0 saturated carbocycles. The van der Waals surface area contributed by atoms with E-state index >= 15 is 0 Å². The molecule has 0 saturated heterocycles. The normalized spacial score (nSPS) is 10.3. The molecule has 0 spiro atoms. The van der Waals surface area contributed by atoms with Crippen LogP contribution in [0.5, 0.6) is 11.6 Å². The van der Waals surface area contributed by atoms with E-state index < -0.39 is 0 Å². The Bertz CT molecular complexity index is 642. The number of rotatable bonds is 3. The Labute approximate surface area is 120 Å². The topological polar surface area (TPSA) is 52.1 Å². The summed E-state index contributed by atoms with van der Waals surface area (Å²) in [4.78, 5) is 19.4. The number of carbonyl (C=O) groups excluding carboxylic acids is 1. The summed E-state index contributed by atoms with van der Waals surface area (Å²) in [6.07, 6.45) is 0.778. The lowest BCUT2D eigenvalue weighted by Gasteiger charge is -2.10. The minimum Gasteiger partial charge on any atom is -0.439 e. The molecule has 2 rings (SSSR count). The largest absolute Gasteiger partial charge is 0.439 e. The lowest BCUT2D eigenvalue weighted by Crippen LogP contribution is -2.00. The van der Waals surface area contributed by atoms with Crippen LogP contribution in [0.1, 0.15) is 27.4 Å². The summed E-state index contributed by atoms with van der Waals surface area (Å²) in [6, 6.07) is 5.22. The zero-order valence-electron chi connectivity index (χ0n) is 10.9. The zero-order chi connectivity index (χ0) is 14.0. The van der Waals surface area contributed by atoms with Gasteiger partial charge in [0.2, 0.25) is 5.88 Å². The summed E-state index contributed by atoms with van der Waals surface area (Å²) >= 11 is 3.30. The zero-order valence-corrected chi connectivity index (χ0v) is 12.5. The monoisotopic (exact) mass is 320 g/mol. The minimum atomic E-state index is 0.518. The number of aldehydes is 1. The van der Waals surface area contributed by atoms with Crippen LogP contribution in [0.3, 0.4) is 0 Å². The third kappa shape index (κ3) is 2.98. The van der Waals surface area contributed by atoms with E-state index in [1.807, 2.05) is 20.8 Å². The van der Waals surface area contributed by atoms with E-state index in [0.29, 0.717) is 23.0 Å². The van der Waals surface area contributed by atoms with E-state index in [4.69, 9.17) is 4.74 Å². The lowest BCUT2D eigenvalue weighted by atomic mass is 10.2. The number of ether oxygens (including phenoxy) is 1. The van der Waals surface area contributed by atoms with Crippen LogP contribution >= 0.6 is 15.9 Å². The lowest BCUT2D eigenvalue weighted by molar-refractivity contribution is 0.112. The van der Waals surface area contributed by atoms with Crippen molar-refractivity contribution >= 4 is 22.2 Å². The van der Waals surface area contributed by atoms with Crippen LogP contribution in [0.4, 0.5) is 0 Å². The van der Waals surface area contributed by atoms with Crippen LogP contribution in [0, 0.1) is 20.8 Å². The fourth-order valence-corrected chi connectivity index (χ4v) is 1.96. The molecular formula is C14H13BrN2O2. The molecule has 1 aromatic carbocycles. The molecule has 0 aliphatic heterocycles. The molecule has 4 nitrogen and oxygen atoms in total. The third-order valence-electron chi connectivity index (χ3n) is 2.77. The highest BCUT2D eigenvalue weighted by atomic mass is 79.9. The second kappa shape index (κ2) is 5.48. The van der Waals surface area contributed by atoms with Gasteiger partial charge in [0.1, 0.15) is 11.6 Å². The van der Waals surface area contributed by atoms with Gasteiger partial charge in [-0.1, -0.05) is 15.9 Å². The maximum atomic E-state index is 10.9. The SMILES string of the molecule is Cc1nc(C)c(C)c(Oc2ccc(Br)c(C=O)c2)n1. The van der Waals surface area contributed by atoms with Gasteiger partial charge in [-0.25, -0.2) is 4.98 Å². The second-order valence-electron chi connectivity index (χ2n) is 4.19. The van der Waals surface area contributed by atoms with Crippen LogP contribution < -0.4 is 4.74 Å². The Kier molecular flexibility index (Phi) is 3.95. The Hall–Kier alpha value is -1.75. The summed E-state index contributed by atoms with van der Waals surface area (Å²) in [5.74, 6) is 1.75. The van der Waals surface area contributed by atoms with E-state index in [2.05, 4.69) is 25.9 Å². The highest BCUT2D eigenvalue weighted by Gasteiger charge is 2.09. The molecular weight excluding hydrogens is 308 g/mol. The molecule has 0 N–H and O–H groups in total. The number of nitrogens with zero attached hydrogens (tertiary/aromatic N) is 2. The summed E-state index contributed by atoms with van der Waals surface area (Å²) in [5.41, 5.74) is 2.31. The van der Waals surface area contributed by atoms with Crippen molar-refractivity contribution in [2.24, 2.45) is 0 Å².